The van der Waals surface area contributed by atoms with Crippen molar-refractivity contribution < 1.29 is 4.79 Å². The molecule has 0 aromatic carbocycles. The van der Waals surface area contributed by atoms with Crippen molar-refractivity contribution in [2.75, 3.05) is 18.0 Å². The van der Waals surface area contributed by atoms with Crippen molar-refractivity contribution in [1.29, 1.82) is 0 Å². The maximum absolute atomic E-state index is 12.6. The van der Waals surface area contributed by atoms with Gasteiger partial charge in [0.25, 0.3) is 0 Å². The van der Waals surface area contributed by atoms with Gasteiger partial charge in [-0.3, -0.25) is 9.78 Å². The summed E-state index contributed by atoms with van der Waals surface area (Å²) in [6.45, 7) is 2.53. The molecule has 1 amide bonds. The highest BCUT2D eigenvalue weighted by Gasteiger charge is 2.45. The molecule has 2 fully saturated rings. The summed E-state index contributed by atoms with van der Waals surface area (Å²) >= 11 is 3.30. The Balaban J connectivity index is 1.37. The van der Waals surface area contributed by atoms with Crippen molar-refractivity contribution >= 4 is 44.7 Å². The van der Waals surface area contributed by atoms with Gasteiger partial charge in [-0.1, -0.05) is 0 Å². The van der Waals surface area contributed by atoms with E-state index >= 15 is 0 Å². The third kappa shape index (κ3) is 3.10. The lowest BCUT2D eigenvalue weighted by Crippen LogP contribution is -2.45. The average Bonchev–Trinajstić information content (AvgIpc) is 3.38. The zero-order chi connectivity index (χ0) is 18.3. The predicted octanol–water partition coefficient (Wildman–Crippen LogP) is 3.70. The summed E-state index contributed by atoms with van der Waals surface area (Å²) in [5.41, 5.74) is 2.84. The zero-order valence-electron chi connectivity index (χ0n) is 15.0. The Bertz CT molecular complexity index is 956. The molecule has 2 saturated heterocycles. The van der Waals surface area contributed by atoms with Gasteiger partial charge in [0.2, 0.25) is 11.9 Å². The van der Waals surface area contributed by atoms with Crippen LogP contribution < -0.4 is 4.90 Å². The number of amides is 1. The Kier molecular flexibility index (Phi) is 4.32. The van der Waals surface area contributed by atoms with Crippen LogP contribution in [0.25, 0.3) is 10.2 Å². The van der Waals surface area contributed by atoms with Crippen molar-refractivity contribution in [2.45, 2.75) is 44.2 Å². The lowest BCUT2D eigenvalue weighted by Gasteiger charge is -2.38. The monoisotopic (exact) mass is 399 g/mol. The largest absolute Gasteiger partial charge is 0.341 e. The van der Waals surface area contributed by atoms with Gasteiger partial charge in [0.15, 0.2) is 0 Å². The van der Waals surface area contributed by atoms with Gasteiger partial charge in [0.05, 0.1) is 28.5 Å². The molecule has 3 aromatic rings. The van der Waals surface area contributed by atoms with Gasteiger partial charge in [-0.2, -0.15) is 0 Å². The molecule has 0 radical (unpaired) electrons. The third-order valence-corrected chi connectivity index (χ3v) is 7.47. The van der Waals surface area contributed by atoms with Gasteiger partial charge in [-0.05, 0) is 37.1 Å². The number of aromatic nitrogens is 3. The first-order valence-electron chi connectivity index (χ1n) is 9.37. The molecule has 5 heterocycles. The van der Waals surface area contributed by atoms with Crippen LogP contribution in [0, 0.1) is 0 Å². The van der Waals surface area contributed by atoms with Gasteiger partial charge in [-0.15, -0.1) is 22.7 Å². The topological polar surface area (TPSA) is 62.2 Å². The second kappa shape index (κ2) is 6.83. The fourth-order valence-corrected chi connectivity index (χ4v) is 5.69. The van der Waals surface area contributed by atoms with Crippen LogP contribution in [-0.4, -0.2) is 44.4 Å². The van der Waals surface area contributed by atoms with Crippen LogP contribution in [0.5, 0.6) is 0 Å². The first-order chi connectivity index (χ1) is 13.2. The maximum Gasteiger partial charge on any atom is 0.225 e. The number of carbonyl (C=O) groups is 1. The predicted molar refractivity (Wildman–Crippen MR) is 108 cm³/mol. The summed E-state index contributed by atoms with van der Waals surface area (Å²) in [6, 6.07) is 2.05. The molecule has 5 rings (SSSR count). The van der Waals surface area contributed by atoms with E-state index in [-0.39, 0.29) is 11.4 Å². The first kappa shape index (κ1) is 17.1. The van der Waals surface area contributed by atoms with Crippen molar-refractivity contribution in [3.63, 3.8) is 0 Å². The normalized spacial score (nSPS) is 23.5. The Hall–Kier alpha value is -2.06. The number of carbonyl (C=O) groups excluding carboxylic acids is 1. The Labute approximate surface area is 165 Å². The summed E-state index contributed by atoms with van der Waals surface area (Å²) in [7, 11) is 0. The summed E-state index contributed by atoms with van der Waals surface area (Å²) in [4.78, 5) is 31.7. The molecule has 1 atom stereocenters. The lowest BCUT2D eigenvalue weighted by molar-refractivity contribution is -0.132. The van der Waals surface area contributed by atoms with Gasteiger partial charge in [-0.25, -0.2) is 9.97 Å². The molecule has 6 nitrogen and oxygen atoms in total. The fraction of sp³-hybridized carbons (Fsp3) is 0.474. The van der Waals surface area contributed by atoms with E-state index in [2.05, 4.69) is 31.2 Å². The first-order valence-corrected chi connectivity index (χ1v) is 11.1. The number of nitrogens with zero attached hydrogens (tertiary/aromatic N) is 5. The molecule has 27 heavy (non-hydrogen) atoms. The number of anilines is 1. The van der Waals surface area contributed by atoms with E-state index in [1.807, 2.05) is 17.9 Å². The second-order valence-corrected chi connectivity index (χ2v) is 9.27. The van der Waals surface area contributed by atoms with Crippen LogP contribution in [0.4, 0.5) is 5.95 Å². The van der Waals surface area contributed by atoms with Gasteiger partial charge in [0, 0.05) is 36.1 Å². The number of fused-ring (bicyclic) bond motifs is 1. The molecule has 0 bridgehead atoms. The standard InChI is InChI=1S/C19H21N5OS2/c25-17-2-5-19(24(17)12-14-10-20-13-27-14)4-1-7-23(8-6-19)18-21-11-16-15(22-18)3-9-26-16/h3,9-11,13H,1-2,4-8,12H2/t19-/m1/s1. The minimum Gasteiger partial charge on any atom is -0.341 e. The number of rotatable bonds is 3. The molecule has 0 aliphatic carbocycles. The average molecular weight is 400 g/mol. The molecular formula is C19H21N5OS2. The van der Waals surface area contributed by atoms with E-state index in [0.717, 1.165) is 59.8 Å². The number of thiophene rings is 1. The molecule has 0 N–H and O–H groups in total. The number of likely N-dealkylation sites (tertiary alicyclic amines) is 1. The Morgan fingerprint density at radius 1 is 1.15 bits per heavy atom. The van der Waals surface area contributed by atoms with Crippen LogP contribution in [0.3, 0.4) is 0 Å². The highest BCUT2D eigenvalue weighted by molar-refractivity contribution is 7.17. The summed E-state index contributed by atoms with van der Waals surface area (Å²) in [6.07, 6.45) is 8.52. The van der Waals surface area contributed by atoms with Crippen molar-refractivity contribution in [1.82, 2.24) is 19.9 Å². The fourth-order valence-electron chi connectivity index (χ4n) is 4.41. The van der Waals surface area contributed by atoms with Gasteiger partial charge in [0.1, 0.15) is 0 Å². The van der Waals surface area contributed by atoms with Crippen molar-refractivity contribution in [2.24, 2.45) is 0 Å². The molecule has 140 valence electrons. The highest BCUT2D eigenvalue weighted by atomic mass is 32.1. The van der Waals surface area contributed by atoms with E-state index in [4.69, 9.17) is 4.98 Å². The number of hydrogen-bond donors (Lipinski definition) is 0. The van der Waals surface area contributed by atoms with Crippen LogP contribution in [0.15, 0.2) is 29.4 Å². The zero-order valence-corrected chi connectivity index (χ0v) is 16.6. The van der Waals surface area contributed by atoms with Crippen LogP contribution in [0.1, 0.15) is 37.0 Å². The van der Waals surface area contributed by atoms with E-state index in [9.17, 15) is 4.79 Å². The van der Waals surface area contributed by atoms with Crippen LogP contribution in [0.2, 0.25) is 0 Å². The van der Waals surface area contributed by atoms with Crippen LogP contribution in [-0.2, 0) is 11.3 Å². The van der Waals surface area contributed by atoms with Crippen molar-refractivity contribution in [3.8, 4) is 0 Å². The lowest BCUT2D eigenvalue weighted by atomic mass is 9.87. The molecule has 0 unspecified atom stereocenters. The molecule has 2 aliphatic rings. The minimum atomic E-state index is -0.0255. The molecule has 2 aliphatic heterocycles. The maximum atomic E-state index is 12.6. The second-order valence-electron chi connectivity index (χ2n) is 7.35. The molecule has 8 heteroatoms. The third-order valence-electron chi connectivity index (χ3n) is 5.87. The molecule has 0 saturated carbocycles. The number of hydrogen-bond acceptors (Lipinski definition) is 7. The van der Waals surface area contributed by atoms with E-state index in [1.54, 1.807) is 22.7 Å². The molecule has 3 aromatic heterocycles. The van der Waals surface area contributed by atoms with E-state index < -0.39 is 0 Å². The summed E-state index contributed by atoms with van der Waals surface area (Å²) in [5, 5.41) is 2.06. The van der Waals surface area contributed by atoms with E-state index in [0.29, 0.717) is 13.0 Å². The Morgan fingerprint density at radius 2 is 2.11 bits per heavy atom. The highest BCUT2D eigenvalue weighted by Crippen LogP contribution is 2.40. The van der Waals surface area contributed by atoms with Gasteiger partial charge < -0.3 is 9.80 Å². The smallest absolute Gasteiger partial charge is 0.225 e. The number of thiazole rings is 1. The minimum absolute atomic E-state index is 0.0255. The molecule has 1 spiro atoms. The molecular weight excluding hydrogens is 378 g/mol. The summed E-state index contributed by atoms with van der Waals surface area (Å²) in [5.74, 6) is 1.10. The summed E-state index contributed by atoms with van der Waals surface area (Å²) < 4.78 is 1.13. The van der Waals surface area contributed by atoms with Crippen LogP contribution >= 0.6 is 22.7 Å². The van der Waals surface area contributed by atoms with Gasteiger partial charge >= 0.3 is 0 Å². The SMILES string of the molecule is O=C1CC[C@@]2(CCCN(c3ncc4sccc4n3)CC2)N1Cc1cncs1. The van der Waals surface area contributed by atoms with Crippen molar-refractivity contribution in [3.05, 3.63) is 34.2 Å². The quantitative estimate of drug-likeness (QED) is 0.672. The van der Waals surface area contributed by atoms with E-state index in [1.165, 1.54) is 0 Å². The Morgan fingerprint density at radius 3 is 3.00 bits per heavy atom.